The molecule has 0 aliphatic rings. The van der Waals surface area contributed by atoms with Crippen molar-refractivity contribution >= 4 is 23.2 Å². The Morgan fingerprint density at radius 2 is 1.68 bits per heavy atom. The van der Waals surface area contributed by atoms with Crippen LogP contribution in [-0.4, -0.2) is 11.8 Å². The minimum atomic E-state index is -4.64. The van der Waals surface area contributed by atoms with Gasteiger partial charge in [-0.1, -0.05) is 20.8 Å². The molecule has 2 N–H and O–H groups in total. The Kier molecular flexibility index (Phi) is 5.22. The molecule has 0 saturated heterocycles. The van der Waals surface area contributed by atoms with Gasteiger partial charge in [0.2, 0.25) is 11.8 Å². The van der Waals surface area contributed by atoms with Gasteiger partial charge in [-0.15, -0.1) is 0 Å². The molecule has 1 rings (SSSR count). The molecule has 0 aliphatic heterocycles. The zero-order chi connectivity index (χ0) is 17.1. The molecule has 4 nitrogen and oxygen atoms in total. The highest BCUT2D eigenvalue weighted by Crippen LogP contribution is 2.37. The predicted octanol–water partition coefficient (Wildman–Crippen LogP) is 4.04. The van der Waals surface area contributed by atoms with Crippen LogP contribution >= 0.6 is 0 Å². The van der Waals surface area contributed by atoms with E-state index in [0.29, 0.717) is 0 Å². The van der Waals surface area contributed by atoms with E-state index in [1.807, 2.05) is 20.8 Å². The van der Waals surface area contributed by atoms with Gasteiger partial charge in [-0.3, -0.25) is 9.59 Å². The number of alkyl halides is 3. The monoisotopic (exact) mass is 316 g/mol. The Hall–Kier alpha value is -2.05. The fourth-order valence-electron chi connectivity index (χ4n) is 1.84. The van der Waals surface area contributed by atoms with E-state index >= 15 is 0 Å². The third-order valence-corrected chi connectivity index (χ3v) is 2.61. The molecule has 0 fully saturated rings. The summed E-state index contributed by atoms with van der Waals surface area (Å²) >= 11 is 0. The van der Waals surface area contributed by atoms with Crippen molar-refractivity contribution in [3.63, 3.8) is 0 Å². The quantitative estimate of drug-likeness (QED) is 0.884. The first-order chi connectivity index (χ1) is 9.88. The minimum absolute atomic E-state index is 0.0219. The number of anilines is 2. The molecular weight excluding hydrogens is 297 g/mol. The van der Waals surface area contributed by atoms with E-state index in [1.54, 1.807) is 0 Å². The van der Waals surface area contributed by atoms with Crippen LogP contribution in [0.4, 0.5) is 24.5 Å². The van der Waals surface area contributed by atoms with Crippen LogP contribution in [0.5, 0.6) is 0 Å². The number of rotatable bonds is 3. The SMILES string of the molecule is CC(=O)Nc1ccc(NC(=O)CC(C)(C)C)c(C(F)(F)F)c1. The van der Waals surface area contributed by atoms with Crippen molar-refractivity contribution in [2.75, 3.05) is 10.6 Å². The van der Waals surface area contributed by atoms with Gasteiger partial charge in [0, 0.05) is 19.0 Å². The first kappa shape index (κ1) is 18.0. The highest BCUT2D eigenvalue weighted by Gasteiger charge is 2.34. The summed E-state index contributed by atoms with van der Waals surface area (Å²) in [6, 6.07) is 3.24. The smallest absolute Gasteiger partial charge is 0.326 e. The van der Waals surface area contributed by atoms with Crippen LogP contribution in [0, 0.1) is 5.41 Å². The molecule has 0 bridgehead atoms. The lowest BCUT2D eigenvalue weighted by Crippen LogP contribution is -2.22. The lowest BCUT2D eigenvalue weighted by Gasteiger charge is -2.19. The second kappa shape index (κ2) is 6.37. The minimum Gasteiger partial charge on any atom is -0.326 e. The summed E-state index contributed by atoms with van der Waals surface area (Å²) in [7, 11) is 0. The fourth-order valence-corrected chi connectivity index (χ4v) is 1.84. The zero-order valence-electron chi connectivity index (χ0n) is 12.9. The second-order valence-corrected chi connectivity index (χ2v) is 6.22. The summed E-state index contributed by atoms with van der Waals surface area (Å²) in [5.74, 6) is -0.970. The van der Waals surface area contributed by atoms with Crippen LogP contribution < -0.4 is 10.6 Å². The number of carbonyl (C=O) groups is 2. The van der Waals surface area contributed by atoms with Crippen molar-refractivity contribution < 1.29 is 22.8 Å². The highest BCUT2D eigenvalue weighted by atomic mass is 19.4. The average molecular weight is 316 g/mol. The van der Waals surface area contributed by atoms with Crippen molar-refractivity contribution in [1.29, 1.82) is 0 Å². The molecule has 0 unspecified atom stereocenters. The Bertz CT molecular complexity index is 575. The average Bonchev–Trinajstić information content (AvgIpc) is 2.26. The van der Waals surface area contributed by atoms with Crippen LogP contribution in [0.1, 0.15) is 39.7 Å². The standard InChI is InChI=1S/C15H19F3N2O2/c1-9(21)19-10-5-6-12(11(7-10)15(16,17)18)20-13(22)8-14(2,3)4/h5-7H,8H2,1-4H3,(H,19,21)(H,20,22). The van der Waals surface area contributed by atoms with Crippen molar-refractivity contribution in [2.24, 2.45) is 5.41 Å². The summed E-state index contributed by atoms with van der Waals surface area (Å²) in [5.41, 5.74) is -1.64. The lowest BCUT2D eigenvalue weighted by molar-refractivity contribution is -0.137. The third kappa shape index (κ3) is 5.75. The third-order valence-electron chi connectivity index (χ3n) is 2.61. The summed E-state index contributed by atoms with van der Waals surface area (Å²) in [4.78, 5) is 22.8. The number of benzene rings is 1. The van der Waals surface area contributed by atoms with E-state index in [2.05, 4.69) is 10.6 Å². The van der Waals surface area contributed by atoms with Crippen molar-refractivity contribution in [1.82, 2.24) is 0 Å². The molecule has 0 radical (unpaired) electrons. The van der Waals surface area contributed by atoms with Gasteiger partial charge in [0.25, 0.3) is 0 Å². The molecular formula is C15H19F3N2O2. The van der Waals surface area contributed by atoms with Crippen LogP contribution in [0.2, 0.25) is 0 Å². The van der Waals surface area contributed by atoms with Crippen LogP contribution in [0.15, 0.2) is 18.2 Å². The Labute approximate surface area is 127 Å². The first-order valence-electron chi connectivity index (χ1n) is 6.67. The maximum atomic E-state index is 13.1. The van der Waals surface area contributed by atoms with Crippen LogP contribution in [0.3, 0.4) is 0 Å². The zero-order valence-corrected chi connectivity index (χ0v) is 12.9. The molecule has 0 atom stereocenters. The summed E-state index contributed by atoms with van der Waals surface area (Å²) in [6.45, 7) is 6.65. The van der Waals surface area contributed by atoms with Gasteiger partial charge in [0.15, 0.2) is 0 Å². The number of nitrogens with one attached hydrogen (secondary N) is 2. The number of carbonyl (C=O) groups excluding carboxylic acids is 2. The molecule has 2 amide bonds. The highest BCUT2D eigenvalue weighted by molar-refractivity contribution is 5.93. The number of amides is 2. The Morgan fingerprint density at radius 3 is 2.14 bits per heavy atom. The summed E-state index contributed by atoms with van der Waals surface area (Å²) in [5, 5.41) is 4.57. The Morgan fingerprint density at radius 1 is 1.09 bits per heavy atom. The number of halogens is 3. The first-order valence-corrected chi connectivity index (χ1v) is 6.67. The molecule has 0 saturated carbocycles. The molecule has 22 heavy (non-hydrogen) atoms. The Balaban J connectivity index is 3.08. The van der Waals surface area contributed by atoms with Crippen LogP contribution in [0.25, 0.3) is 0 Å². The molecule has 0 spiro atoms. The maximum Gasteiger partial charge on any atom is 0.418 e. The summed E-state index contributed by atoms with van der Waals surface area (Å²) < 4.78 is 39.3. The van der Waals surface area contributed by atoms with Crippen molar-refractivity contribution in [2.45, 2.75) is 40.3 Å². The van der Waals surface area contributed by atoms with Gasteiger partial charge < -0.3 is 10.6 Å². The largest absolute Gasteiger partial charge is 0.418 e. The van der Waals surface area contributed by atoms with Gasteiger partial charge in [0.05, 0.1) is 11.3 Å². The molecule has 1 aromatic rings. The van der Waals surface area contributed by atoms with E-state index in [0.717, 1.165) is 12.1 Å². The predicted molar refractivity (Wildman–Crippen MR) is 78.4 cm³/mol. The topological polar surface area (TPSA) is 58.2 Å². The van der Waals surface area contributed by atoms with E-state index in [9.17, 15) is 22.8 Å². The van der Waals surface area contributed by atoms with Crippen molar-refractivity contribution in [3.8, 4) is 0 Å². The van der Waals surface area contributed by atoms with Gasteiger partial charge >= 0.3 is 6.18 Å². The van der Waals surface area contributed by atoms with Gasteiger partial charge in [-0.25, -0.2) is 0 Å². The molecule has 0 aliphatic carbocycles. The normalized spacial score (nSPS) is 12.0. The molecule has 0 heterocycles. The van der Waals surface area contributed by atoms with E-state index in [-0.39, 0.29) is 23.2 Å². The molecule has 1 aromatic carbocycles. The fraction of sp³-hybridized carbons (Fsp3) is 0.467. The molecule has 0 aromatic heterocycles. The molecule has 122 valence electrons. The second-order valence-electron chi connectivity index (χ2n) is 6.22. The van der Waals surface area contributed by atoms with Crippen LogP contribution in [-0.2, 0) is 15.8 Å². The van der Waals surface area contributed by atoms with E-state index in [4.69, 9.17) is 0 Å². The number of hydrogen-bond acceptors (Lipinski definition) is 2. The summed E-state index contributed by atoms with van der Waals surface area (Å²) in [6.07, 6.45) is -4.55. The molecule has 7 heteroatoms. The van der Waals surface area contributed by atoms with E-state index in [1.165, 1.54) is 13.0 Å². The maximum absolute atomic E-state index is 13.1. The number of hydrogen-bond donors (Lipinski definition) is 2. The van der Waals surface area contributed by atoms with Crippen molar-refractivity contribution in [3.05, 3.63) is 23.8 Å². The van der Waals surface area contributed by atoms with Gasteiger partial charge in [-0.05, 0) is 23.6 Å². The van der Waals surface area contributed by atoms with Gasteiger partial charge in [0.1, 0.15) is 0 Å². The van der Waals surface area contributed by atoms with E-state index < -0.39 is 23.6 Å². The van der Waals surface area contributed by atoms with Gasteiger partial charge in [-0.2, -0.15) is 13.2 Å². The lowest BCUT2D eigenvalue weighted by atomic mass is 9.92.